The fraction of sp³-hybridized carbons (Fsp3) is 0.190. The molecule has 4 rings (SSSR count). The summed E-state index contributed by atoms with van der Waals surface area (Å²) in [6, 6.07) is 16.3. The van der Waals surface area contributed by atoms with Gasteiger partial charge in [0.05, 0.1) is 19.4 Å². The Morgan fingerprint density at radius 2 is 1.92 bits per heavy atom. The van der Waals surface area contributed by atoms with E-state index in [1.807, 2.05) is 30.3 Å². The van der Waals surface area contributed by atoms with Gasteiger partial charge in [0.15, 0.2) is 0 Å². The van der Waals surface area contributed by atoms with Crippen LogP contribution in [0.4, 0.5) is 5.69 Å². The number of rotatable bonds is 5. The molecule has 0 amide bonds. The Hall–Kier alpha value is -2.63. The molecule has 0 fully saturated rings. The van der Waals surface area contributed by atoms with E-state index in [-0.39, 0.29) is 0 Å². The zero-order chi connectivity index (χ0) is 17.9. The summed E-state index contributed by atoms with van der Waals surface area (Å²) in [6.45, 7) is 2.32. The average molecular weight is 363 g/mol. The fourth-order valence-electron chi connectivity index (χ4n) is 3.26. The normalized spacial score (nSPS) is 12.7. The third-order valence-electron chi connectivity index (χ3n) is 4.66. The lowest BCUT2D eigenvalue weighted by Gasteiger charge is -2.15. The summed E-state index contributed by atoms with van der Waals surface area (Å²) >= 11 is 1.71. The van der Waals surface area contributed by atoms with Gasteiger partial charge in [-0.25, -0.2) is 0 Å². The van der Waals surface area contributed by atoms with Crippen molar-refractivity contribution in [2.24, 2.45) is 0 Å². The third kappa shape index (κ3) is 3.23. The summed E-state index contributed by atoms with van der Waals surface area (Å²) in [5, 5.41) is 17.7. The van der Waals surface area contributed by atoms with E-state index in [2.05, 4.69) is 34.2 Å². The molecule has 1 aliphatic heterocycles. The molecule has 0 aliphatic carbocycles. The van der Waals surface area contributed by atoms with Crippen LogP contribution in [0.3, 0.4) is 0 Å². The summed E-state index contributed by atoms with van der Waals surface area (Å²) in [4.78, 5) is 1.23. The minimum absolute atomic E-state index is 0.609. The molecule has 0 unspecified atom stereocenters. The lowest BCUT2D eigenvalue weighted by molar-refractivity contribution is 0.414. The van der Waals surface area contributed by atoms with E-state index >= 15 is 0 Å². The van der Waals surface area contributed by atoms with Gasteiger partial charge in [-0.1, -0.05) is 30.3 Å². The molecule has 0 radical (unpaired) electrons. The Balaban J connectivity index is 1.49. The summed E-state index contributed by atoms with van der Waals surface area (Å²) in [5.74, 6) is 0.873. The van der Waals surface area contributed by atoms with Gasteiger partial charge in [0, 0.05) is 34.8 Å². The number of benzene rings is 2. The van der Waals surface area contributed by atoms with Crippen LogP contribution in [0.1, 0.15) is 27.1 Å². The van der Waals surface area contributed by atoms with Crippen molar-refractivity contribution >= 4 is 22.7 Å². The Kier molecular flexibility index (Phi) is 4.73. The minimum Gasteiger partial charge on any atom is -0.497 e. The number of hydrogen-bond acceptors (Lipinski definition) is 5. The van der Waals surface area contributed by atoms with Gasteiger partial charge in [-0.2, -0.15) is 0 Å². The predicted octanol–water partition coefficient (Wildman–Crippen LogP) is 4.39. The van der Waals surface area contributed by atoms with Crippen molar-refractivity contribution < 1.29 is 4.74 Å². The number of methoxy groups -OCH3 is 1. The first-order chi connectivity index (χ1) is 12.8. The number of anilines is 1. The van der Waals surface area contributed by atoms with Crippen molar-refractivity contribution in [1.82, 2.24) is 5.32 Å². The largest absolute Gasteiger partial charge is 0.497 e. The monoisotopic (exact) mass is 363 g/mol. The van der Waals surface area contributed by atoms with Gasteiger partial charge in [0.1, 0.15) is 5.75 Å². The molecule has 2 heterocycles. The van der Waals surface area contributed by atoms with Crippen molar-refractivity contribution in [3.05, 3.63) is 81.0 Å². The molecule has 5 heteroatoms. The van der Waals surface area contributed by atoms with E-state index in [0.29, 0.717) is 5.71 Å². The SMILES string of the molecule is COc1ccc(CNCc2cccc3c2NCc2sccc2C3=N)cc1. The van der Waals surface area contributed by atoms with Crippen molar-refractivity contribution in [2.75, 3.05) is 12.4 Å². The molecule has 132 valence electrons. The first kappa shape index (κ1) is 16.8. The van der Waals surface area contributed by atoms with E-state index < -0.39 is 0 Å². The third-order valence-corrected chi connectivity index (χ3v) is 5.59. The average Bonchev–Trinajstić information content (AvgIpc) is 3.10. The van der Waals surface area contributed by atoms with Crippen LogP contribution < -0.4 is 15.4 Å². The number of ether oxygens (including phenoxy) is 1. The number of para-hydroxylation sites is 1. The molecule has 0 saturated carbocycles. The number of hydrogen-bond donors (Lipinski definition) is 3. The molecule has 3 N–H and O–H groups in total. The van der Waals surface area contributed by atoms with E-state index in [1.54, 1.807) is 18.4 Å². The Labute approximate surface area is 157 Å². The fourth-order valence-corrected chi connectivity index (χ4v) is 4.08. The molecular formula is C21H21N3OS. The molecule has 4 nitrogen and oxygen atoms in total. The molecule has 2 aromatic carbocycles. The van der Waals surface area contributed by atoms with Gasteiger partial charge in [0.2, 0.25) is 0 Å². The Morgan fingerprint density at radius 3 is 2.73 bits per heavy atom. The maximum Gasteiger partial charge on any atom is 0.118 e. The zero-order valence-electron chi connectivity index (χ0n) is 14.6. The second-order valence-electron chi connectivity index (χ2n) is 6.28. The first-order valence-corrected chi connectivity index (χ1v) is 9.49. The van der Waals surface area contributed by atoms with Crippen LogP contribution >= 0.6 is 11.3 Å². The Morgan fingerprint density at radius 1 is 1.08 bits per heavy atom. The lowest BCUT2D eigenvalue weighted by atomic mass is 10.00. The van der Waals surface area contributed by atoms with Crippen molar-refractivity contribution in [3.8, 4) is 5.75 Å². The quantitative estimate of drug-likeness (QED) is 0.630. The molecule has 0 spiro atoms. The van der Waals surface area contributed by atoms with Gasteiger partial charge in [-0.05, 0) is 34.7 Å². The number of thiophene rings is 1. The van der Waals surface area contributed by atoms with Gasteiger partial charge in [-0.3, -0.25) is 5.41 Å². The van der Waals surface area contributed by atoms with Crippen LogP contribution in [0, 0.1) is 5.41 Å². The van der Waals surface area contributed by atoms with Crippen LogP contribution in [0.15, 0.2) is 53.9 Å². The molecule has 1 aromatic heterocycles. The minimum atomic E-state index is 0.609. The lowest BCUT2D eigenvalue weighted by Crippen LogP contribution is -2.15. The smallest absolute Gasteiger partial charge is 0.118 e. The molecule has 26 heavy (non-hydrogen) atoms. The summed E-state index contributed by atoms with van der Waals surface area (Å²) in [5.41, 5.74) is 6.11. The van der Waals surface area contributed by atoms with Crippen LogP contribution in [0.2, 0.25) is 0 Å². The zero-order valence-corrected chi connectivity index (χ0v) is 15.5. The van der Waals surface area contributed by atoms with Crippen molar-refractivity contribution in [3.63, 3.8) is 0 Å². The number of fused-ring (bicyclic) bond motifs is 2. The molecule has 0 saturated heterocycles. The van der Waals surface area contributed by atoms with E-state index in [1.165, 1.54) is 16.0 Å². The van der Waals surface area contributed by atoms with Crippen LogP contribution in [-0.2, 0) is 19.6 Å². The molecule has 3 aromatic rings. The summed E-state index contributed by atoms with van der Waals surface area (Å²) in [6.07, 6.45) is 0. The highest BCUT2D eigenvalue weighted by molar-refractivity contribution is 7.10. The van der Waals surface area contributed by atoms with Gasteiger partial charge in [0.25, 0.3) is 0 Å². The van der Waals surface area contributed by atoms with Crippen LogP contribution in [0.25, 0.3) is 0 Å². The molecule has 0 atom stereocenters. The molecule has 0 bridgehead atoms. The van der Waals surface area contributed by atoms with E-state index in [9.17, 15) is 0 Å². The second kappa shape index (κ2) is 7.32. The van der Waals surface area contributed by atoms with E-state index in [0.717, 1.165) is 42.2 Å². The standard InChI is InChI=1S/C21H21N3OS/c1-25-16-7-5-14(6-8-16)11-23-12-15-3-2-4-18-20(22)17-9-10-26-19(17)13-24-21(15)18/h2-10,22-24H,11-13H2,1H3. The van der Waals surface area contributed by atoms with Gasteiger partial charge >= 0.3 is 0 Å². The first-order valence-electron chi connectivity index (χ1n) is 8.61. The van der Waals surface area contributed by atoms with Crippen LogP contribution in [0.5, 0.6) is 5.75 Å². The predicted molar refractivity (Wildman–Crippen MR) is 108 cm³/mol. The second-order valence-corrected chi connectivity index (χ2v) is 7.28. The maximum absolute atomic E-state index is 8.59. The van der Waals surface area contributed by atoms with E-state index in [4.69, 9.17) is 10.1 Å². The summed E-state index contributed by atoms with van der Waals surface area (Å²) in [7, 11) is 1.68. The molecular weight excluding hydrogens is 342 g/mol. The van der Waals surface area contributed by atoms with Crippen molar-refractivity contribution in [2.45, 2.75) is 19.6 Å². The number of nitrogens with one attached hydrogen (secondary N) is 3. The maximum atomic E-state index is 8.59. The highest BCUT2D eigenvalue weighted by Crippen LogP contribution is 2.31. The molecule has 1 aliphatic rings. The highest BCUT2D eigenvalue weighted by Gasteiger charge is 2.20. The van der Waals surface area contributed by atoms with Gasteiger partial charge < -0.3 is 15.4 Å². The Bertz CT molecular complexity index is 931. The van der Waals surface area contributed by atoms with Gasteiger partial charge in [-0.15, -0.1) is 11.3 Å². The highest BCUT2D eigenvalue weighted by atomic mass is 32.1. The van der Waals surface area contributed by atoms with Crippen molar-refractivity contribution in [1.29, 1.82) is 5.41 Å². The summed E-state index contributed by atoms with van der Waals surface area (Å²) < 4.78 is 5.20. The van der Waals surface area contributed by atoms with Crippen LogP contribution in [-0.4, -0.2) is 12.8 Å². The topological polar surface area (TPSA) is 57.1 Å².